The largest absolute Gasteiger partial charge is 0.333 e. The smallest absolute Gasteiger partial charge is 0.166 e. The molecular formula is C16H16Cl2N4S. The normalized spacial score (nSPS) is 12.7. The fourth-order valence-electron chi connectivity index (χ4n) is 2.30. The predicted molar refractivity (Wildman–Crippen MR) is 97.2 cm³/mol. The number of rotatable bonds is 6. The predicted octanol–water partition coefficient (Wildman–Crippen LogP) is 4.53. The van der Waals surface area contributed by atoms with Crippen molar-refractivity contribution in [3.05, 3.63) is 52.8 Å². The maximum atomic E-state index is 6.45. The summed E-state index contributed by atoms with van der Waals surface area (Å²) in [5.41, 5.74) is 9.78. The van der Waals surface area contributed by atoms with Crippen molar-refractivity contribution in [1.29, 1.82) is 0 Å². The van der Waals surface area contributed by atoms with Gasteiger partial charge < -0.3 is 10.7 Å². The van der Waals surface area contributed by atoms with Crippen molar-refractivity contribution in [3.63, 3.8) is 0 Å². The van der Waals surface area contributed by atoms with Gasteiger partial charge in [-0.15, -0.1) is 11.6 Å². The lowest BCUT2D eigenvalue weighted by Crippen LogP contribution is -2.12. The Hall–Kier alpha value is -1.27. The van der Waals surface area contributed by atoms with Gasteiger partial charge in [-0.1, -0.05) is 35.5 Å². The molecule has 2 aromatic heterocycles. The molecule has 0 radical (unpaired) electrons. The van der Waals surface area contributed by atoms with Crippen LogP contribution in [-0.4, -0.2) is 20.8 Å². The van der Waals surface area contributed by atoms with Gasteiger partial charge in [0, 0.05) is 23.9 Å². The molecule has 1 unspecified atom stereocenters. The summed E-state index contributed by atoms with van der Waals surface area (Å²) in [5.74, 6) is 1.13. The van der Waals surface area contributed by atoms with Crippen LogP contribution in [0.25, 0.3) is 11.0 Å². The van der Waals surface area contributed by atoms with Gasteiger partial charge in [0.25, 0.3) is 0 Å². The topological polar surface area (TPSA) is 67.6 Å². The number of halogens is 2. The first-order valence-electron chi connectivity index (χ1n) is 7.21. The third-order valence-electron chi connectivity index (χ3n) is 3.52. The van der Waals surface area contributed by atoms with Crippen LogP contribution in [0.3, 0.4) is 0 Å². The highest BCUT2D eigenvalue weighted by Gasteiger charge is 2.14. The molecule has 0 saturated heterocycles. The molecule has 0 aliphatic heterocycles. The molecule has 0 aliphatic carbocycles. The first kappa shape index (κ1) is 16.6. The van der Waals surface area contributed by atoms with Crippen molar-refractivity contribution in [2.45, 2.75) is 23.4 Å². The van der Waals surface area contributed by atoms with E-state index in [9.17, 15) is 0 Å². The minimum absolute atomic E-state index is 0.169. The van der Waals surface area contributed by atoms with Crippen molar-refractivity contribution in [2.24, 2.45) is 5.73 Å². The van der Waals surface area contributed by atoms with Crippen LogP contribution in [0.5, 0.6) is 0 Å². The number of para-hydroxylation sites is 2. The minimum atomic E-state index is -0.169. The summed E-state index contributed by atoms with van der Waals surface area (Å²) in [5, 5.41) is 1.47. The summed E-state index contributed by atoms with van der Waals surface area (Å²) >= 11 is 13.8. The lowest BCUT2D eigenvalue weighted by molar-refractivity contribution is 0.700. The Morgan fingerprint density at radius 1 is 1.26 bits per heavy atom. The molecule has 120 valence electrons. The highest BCUT2D eigenvalue weighted by molar-refractivity contribution is 7.98. The number of imidazole rings is 1. The molecule has 0 amide bonds. The number of hydrogen-bond donors (Lipinski definition) is 2. The Labute approximate surface area is 148 Å². The highest BCUT2D eigenvalue weighted by atomic mass is 35.5. The molecule has 7 heteroatoms. The SMILES string of the molecule is NC(CCCl)c1ccnc(CSc2nc3ccccc3[nH]2)c1Cl. The van der Waals surface area contributed by atoms with Gasteiger partial charge in [-0.3, -0.25) is 4.98 Å². The van der Waals surface area contributed by atoms with Gasteiger partial charge in [-0.25, -0.2) is 4.98 Å². The molecule has 2 heterocycles. The average Bonchev–Trinajstić information content (AvgIpc) is 2.97. The number of alkyl halides is 1. The highest BCUT2D eigenvalue weighted by Crippen LogP contribution is 2.30. The first-order valence-corrected chi connectivity index (χ1v) is 9.11. The van der Waals surface area contributed by atoms with Crippen molar-refractivity contribution in [2.75, 3.05) is 5.88 Å². The molecule has 1 aromatic carbocycles. The molecular weight excluding hydrogens is 351 g/mol. The summed E-state index contributed by atoms with van der Waals surface area (Å²) in [6, 6.07) is 9.62. The third kappa shape index (κ3) is 3.80. The molecule has 0 bridgehead atoms. The number of benzene rings is 1. The van der Waals surface area contributed by atoms with Gasteiger partial charge in [0.05, 0.1) is 21.7 Å². The number of nitrogens with zero attached hydrogens (tertiary/aromatic N) is 2. The Kier molecular flexibility index (Phi) is 5.43. The lowest BCUT2D eigenvalue weighted by Gasteiger charge is -2.14. The van der Waals surface area contributed by atoms with Crippen molar-refractivity contribution in [1.82, 2.24) is 15.0 Å². The van der Waals surface area contributed by atoms with E-state index in [4.69, 9.17) is 28.9 Å². The Morgan fingerprint density at radius 2 is 2.09 bits per heavy atom. The van der Waals surface area contributed by atoms with E-state index in [1.54, 1.807) is 18.0 Å². The van der Waals surface area contributed by atoms with E-state index in [-0.39, 0.29) is 6.04 Å². The van der Waals surface area contributed by atoms with E-state index in [1.165, 1.54) is 0 Å². The van der Waals surface area contributed by atoms with Crippen LogP contribution < -0.4 is 5.73 Å². The molecule has 1 atom stereocenters. The van der Waals surface area contributed by atoms with Crippen LogP contribution in [0, 0.1) is 0 Å². The average molecular weight is 367 g/mol. The van der Waals surface area contributed by atoms with E-state index < -0.39 is 0 Å². The van der Waals surface area contributed by atoms with E-state index >= 15 is 0 Å². The van der Waals surface area contributed by atoms with E-state index in [0.29, 0.717) is 23.1 Å². The third-order valence-corrected chi connectivity index (χ3v) is 5.06. The number of thioether (sulfide) groups is 1. The second kappa shape index (κ2) is 7.53. The van der Waals surface area contributed by atoms with Crippen LogP contribution >= 0.6 is 35.0 Å². The van der Waals surface area contributed by atoms with E-state index in [2.05, 4.69) is 15.0 Å². The lowest BCUT2D eigenvalue weighted by atomic mass is 10.1. The Balaban J connectivity index is 1.76. The molecule has 4 nitrogen and oxygen atoms in total. The fraction of sp³-hybridized carbons (Fsp3) is 0.250. The number of hydrogen-bond acceptors (Lipinski definition) is 4. The van der Waals surface area contributed by atoms with Gasteiger partial charge >= 0.3 is 0 Å². The Bertz CT molecular complexity index is 773. The standard InChI is InChI=1S/C16H16Cl2N4S/c17-7-5-11(19)10-6-8-20-14(15(10)18)9-23-16-21-12-3-1-2-4-13(12)22-16/h1-4,6,8,11H,5,7,9,19H2,(H,21,22). The van der Waals surface area contributed by atoms with Gasteiger partial charge in [-0.2, -0.15) is 0 Å². The second-order valence-corrected chi connectivity index (χ2v) is 6.81. The molecule has 0 spiro atoms. The fourth-order valence-corrected chi connectivity index (χ4v) is 3.77. The zero-order chi connectivity index (χ0) is 16.2. The molecule has 0 aliphatic rings. The van der Waals surface area contributed by atoms with E-state index in [0.717, 1.165) is 27.4 Å². The zero-order valence-corrected chi connectivity index (χ0v) is 14.6. The molecule has 23 heavy (non-hydrogen) atoms. The van der Waals surface area contributed by atoms with Crippen LogP contribution in [0.4, 0.5) is 0 Å². The summed E-state index contributed by atoms with van der Waals surface area (Å²) in [7, 11) is 0. The maximum Gasteiger partial charge on any atom is 0.166 e. The summed E-state index contributed by atoms with van der Waals surface area (Å²) in [6.45, 7) is 0. The summed E-state index contributed by atoms with van der Waals surface area (Å²) < 4.78 is 0. The number of aromatic nitrogens is 3. The molecule has 3 rings (SSSR count). The molecule has 3 N–H and O–H groups in total. The first-order chi connectivity index (χ1) is 11.2. The minimum Gasteiger partial charge on any atom is -0.333 e. The monoisotopic (exact) mass is 366 g/mol. The van der Waals surface area contributed by atoms with Crippen molar-refractivity contribution >= 4 is 46.0 Å². The maximum absolute atomic E-state index is 6.45. The number of fused-ring (bicyclic) bond motifs is 1. The molecule has 3 aromatic rings. The molecule has 0 fully saturated rings. The summed E-state index contributed by atoms with van der Waals surface area (Å²) in [6.07, 6.45) is 2.42. The number of nitrogens with two attached hydrogens (primary N) is 1. The number of pyridine rings is 1. The second-order valence-electron chi connectivity index (χ2n) is 5.09. The van der Waals surface area contributed by atoms with E-state index in [1.807, 2.05) is 30.3 Å². The van der Waals surface area contributed by atoms with Gasteiger partial charge in [0.1, 0.15) is 0 Å². The summed E-state index contributed by atoms with van der Waals surface area (Å²) in [4.78, 5) is 12.2. The van der Waals surface area contributed by atoms with Crippen LogP contribution in [0.1, 0.15) is 23.7 Å². The van der Waals surface area contributed by atoms with Crippen molar-refractivity contribution < 1.29 is 0 Å². The Morgan fingerprint density at radius 3 is 2.87 bits per heavy atom. The number of nitrogens with one attached hydrogen (secondary N) is 1. The zero-order valence-electron chi connectivity index (χ0n) is 12.3. The van der Waals surface area contributed by atoms with Crippen LogP contribution in [-0.2, 0) is 5.75 Å². The van der Waals surface area contributed by atoms with Crippen molar-refractivity contribution in [3.8, 4) is 0 Å². The number of aromatic amines is 1. The molecule has 0 saturated carbocycles. The van der Waals surface area contributed by atoms with Gasteiger partial charge in [-0.05, 0) is 30.2 Å². The van der Waals surface area contributed by atoms with Gasteiger partial charge in [0.15, 0.2) is 5.16 Å². The number of H-pyrrole nitrogens is 1. The van der Waals surface area contributed by atoms with Crippen LogP contribution in [0.2, 0.25) is 5.02 Å². The van der Waals surface area contributed by atoms with Crippen LogP contribution in [0.15, 0.2) is 41.7 Å². The van der Waals surface area contributed by atoms with Gasteiger partial charge in [0.2, 0.25) is 0 Å². The quantitative estimate of drug-likeness (QED) is 0.496.